The Morgan fingerprint density at radius 1 is 1.35 bits per heavy atom. The highest BCUT2D eigenvalue weighted by Gasteiger charge is 2.23. The third kappa shape index (κ3) is 2.61. The van der Waals surface area contributed by atoms with Crippen molar-refractivity contribution in [3.63, 3.8) is 0 Å². The number of aliphatic hydroxyl groups is 1. The van der Waals surface area contributed by atoms with E-state index < -0.39 is 9.84 Å². The lowest BCUT2D eigenvalue weighted by Crippen LogP contribution is -2.31. The molecular weight excluding hydrogens is 238 g/mol. The summed E-state index contributed by atoms with van der Waals surface area (Å²) in [4.78, 5) is 2.47. The SMILES string of the molecule is CS(=O)(=O)c1ccc(N2CCCC2CO)cc1. The summed E-state index contributed by atoms with van der Waals surface area (Å²) in [6.45, 7) is 1.07. The van der Waals surface area contributed by atoms with Gasteiger partial charge in [-0.2, -0.15) is 0 Å². The summed E-state index contributed by atoms with van der Waals surface area (Å²) in [6.07, 6.45) is 3.26. The van der Waals surface area contributed by atoms with Crippen LogP contribution in [-0.4, -0.2) is 39.0 Å². The highest BCUT2D eigenvalue weighted by atomic mass is 32.2. The Bertz CT molecular complexity index is 481. The largest absolute Gasteiger partial charge is 0.394 e. The van der Waals surface area contributed by atoms with Gasteiger partial charge in [0.1, 0.15) is 0 Å². The van der Waals surface area contributed by atoms with Gasteiger partial charge in [-0.1, -0.05) is 0 Å². The van der Waals surface area contributed by atoms with Crippen LogP contribution in [0.3, 0.4) is 0 Å². The number of sulfone groups is 1. The van der Waals surface area contributed by atoms with E-state index in [0.29, 0.717) is 4.90 Å². The Morgan fingerprint density at radius 3 is 2.53 bits per heavy atom. The molecule has 1 aliphatic heterocycles. The van der Waals surface area contributed by atoms with Gasteiger partial charge in [-0.3, -0.25) is 0 Å². The van der Waals surface area contributed by atoms with Crippen LogP contribution in [-0.2, 0) is 9.84 Å². The predicted molar refractivity (Wildman–Crippen MR) is 67.0 cm³/mol. The maximum absolute atomic E-state index is 11.3. The smallest absolute Gasteiger partial charge is 0.175 e. The van der Waals surface area contributed by atoms with E-state index in [1.165, 1.54) is 6.26 Å². The standard InChI is InChI=1S/C12H17NO3S/c1-17(15,16)12-6-4-10(5-7-12)13-8-2-3-11(13)9-14/h4-7,11,14H,2-3,8-9H2,1H3. The Morgan fingerprint density at radius 2 is 2.00 bits per heavy atom. The zero-order valence-electron chi connectivity index (χ0n) is 9.83. The molecule has 0 amide bonds. The summed E-state index contributed by atoms with van der Waals surface area (Å²) in [5.41, 5.74) is 0.981. The number of nitrogens with zero attached hydrogens (tertiary/aromatic N) is 1. The third-order valence-electron chi connectivity index (χ3n) is 3.18. The molecule has 1 fully saturated rings. The highest BCUT2D eigenvalue weighted by molar-refractivity contribution is 7.90. The van der Waals surface area contributed by atoms with E-state index in [-0.39, 0.29) is 12.6 Å². The third-order valence-corrected chi connectivity index (χ3v) is 4.31. The van der Waals surface area contributed by atoms with Crippen LogP contribution >= 0.6 is 0 Å². The van der Waals surface area contributed by atoms with Gasteiger partial charge in [-0.05, 0) is 37.1 Å². The zero-order valence-corrected chi connectivity index (χ0v) is 10.7. The fourth-order valence-corrected chi connectivity index (χ4v) is 2.88. The average Bonchev–Trinajstić information content (AvgIpc) is 2.76. The molecule has 0 radical (unpaired) electrons. The van der Waals surface area contributed by atoms with Crippen LogP contribution in [0.5, 0.6) is 0 Å². The topological polar surface area (TPSA) is 57.6 Å². The van der Waals surface area contributed by atoms with Gasteiger partial charge in [0.15, 0.2) is 9.84 Å². The van der Waals surface area contributed by atoms with Crippen LogP contribution in [0.4, 0.5) is 5.69 Å². The molecule has 1 aromatic rings. The Labute approximate surface area is 102 Å². The number of rotatable bonds is 3. The minimum Gasteiger partial charge on any atom is -0.394 e. The molecule has 1 saturated heterocycles. The van der Waals surface area contributed by atoms with Crippen molar-refractivity contribution < 1.29 is 13.5 Å². The minimum atomic E-state index is -3.13. The Balaban J connectivity index is 2.24. The predicted octanol–water partition coefficient (Wildman–Crippen LogP) is 1.05. The first-order valence-corrected chi connectivity index (χ1v) is 7.59. The number of benzene rings is 1. The molecule has 1 unspecified atom stereocenters. The fraction of sp³-hybridized carbons (Fsp3) is 0.500. The normalized spacial score (nSPS) is 20.8. The molecule has 1 N–H and O–H groups in total. The van der Waals surface area contributed by atoms with Crippen molar-refractivity contribution in [1.82, 2.24) is 0 Å². The monoisotopic (exact) mass is 255 g/mol. The lowest BCUT2D eigenvalue weighted by Gasteiger charge is -2.25. The quantitative estimate of drug-likeness (QED) is 0.877. The fourth-order valence-electron chi connectivity index (χ4n) is 2.25. The second kappa shape index (κ2) is 4.66. The molecule has 1 aromatic carbocycles. The molecule has 94 valence electrons. The second-order valence-corrected chi connectivity index (χ2v) is 6.45. The molecule has 0 aliphatic carbocycles. The summed E-state index contributed by atoms with van der Waals surface area (Å²) in [6, 6.07) is 7.03. The van der Waals surface area contributed by atoms with Gasteiger partial charge in [0, 0.05) is 18.5 Å². The highest BCUT2D eigenvalue weighted by Crippen LogP contribution is 2.26. The maximum Gasteiger partial charge on any atom is 0.175 e. The molecule has 0 aromatic heterocycles. The van der Waals surface area contributed by atoms with Crippen molar-refractivity contribution in [2.24, 2.45) is 0 Å². The molecule has 5 heteroatoms. The molecule has 1 atom stereocenters. The van der Waals surface area contributed by atoms with Crippen molar-refractivity contribution in [3.8, 4) is 0 Å². The van der Waals surface area contributed by atoms with Crippen LogP contribution in [0.2, 0.25) is 0 Å². The van der Waals surface area contributed by atoms with E-state index in [4.69, 9.17) is 0 Å². The first-order valence-electron chi connectivity index (χ1n) is 5.70. The Hall–Kier alpha value is -1.07. The van der Waals surface area contributed by atoms with Gasteiger partial charge in [0.25, 0.3) is 0 Å². The van der Waals surface area contributed by atoms with Crippen LogP contribution in [0.1, 0.15) is 12.8 Å². The van der Waals surface area contributed by atoms with Gasteiger partial charge < -0.3 is 10.0 Å². The van der Waals surface area contributed by atoms with E-state index in [1.807, 2.05) is 12.1 Å². The van der Waals surface area contributed by atoms with Gasteiger partial charge in [-0.25, -0.2) is 8.42 Å². The van der Waals surface area contributed by atoms with Gasteiger partial charge in [0.2, 0.25) is 0 Å². The Kier molecular flexibility index (Phi) is 3.40. The molecule has 1 aliphatic rings. The first-order chi connectivity index (χ1) is 8.02. The van der Waals surface area contributed by atoms with Crippen molar-refractivity contribution in [3.05, 3.63) is 24.3 Å². The summed E-state index contributed by atoms with van der Waals surface area (Å²) in [5, 5.41) is 9.24. The molecular formula is C12H17NO3S. The number of hydrogen-bond acceptors (Lipinski definition) is 4. The second-order valence-electron chi connectivity index (χ2n) is 4.44. The van der Waals surface area contributed by atoms with E-state index >= 15 is 0 Å². The average molecular weight is 255 g/mol. The maximum atomic E-state index is 11.3. The van der Waals surface area contributed by atoms with Crippen molar-refractivity contribution >= 4 is 15.5 Å². The number of anilines is 1. The molecule has 0 saturated carbocycles. The van der Waals surface area contributed by atoms with Crippen LogP contribution < -0.4 is 4.90 Å². The zero-order chi connectivity index (χ0) is 12.5. The number of aliphatic hydroxyl groups excluding tert-OH is 1. The first kappa shape index (κ1) is 12.4. The summed E-state index contributed by atoms with van der Waals surface area (Å²) < 4.78 is 22.7. The number of hydrogen-bond donors (Lipinski definition) is 1. The molecule has 0 spiro atoms. The molecule has 2 rings (SSSR count). The van der Waals surface area contributed by atoms with Crippen LogP contribution in [0, 0.1) is 0 Å². The molecule has 4 nitrogen and oxygen atoms in total. The lowest BCUT2D eigenvalue weighted by atomic mass is 10.2. The van der Waals surface area contributed by atoms with Gasteiger partial charge in [0.05, 0.1) is 17.5 Å². The van der Waals surface area contributed by atoms with Crippen LogP contribution in [0.25, 0.3) is 0 Å². The van der Waals surface area contributed by atoms with Crippen LogP contribution in [0.15, 0.2) is 29.2 Å². The van der Waals surface area contributed by atoms with Crippen molar-refractivity contribution in [2.45, 2.75) is 23.8 Å². The summed E-state index contributed by atoms with van der Waals surface area (Å²) >= 11 is 0. The summed E-state index contributed by atoms with van der Waals surface area (Å²) in [5.74, 6) is 0. The molecule has 1 heterocycles. The van der Waals surface area contributed by atoms with E-state index in [1.54, 1.807) is 12.1 Å². The van der Waals surface area contributed by atoms with E-state index in [2.05, 4.69) is 4.90 Å². The van der Waals surface area contributed by atoms with E-state index in [9.17, 15) is 13.5 Å². The molecule has 17 heavy (non-hydrogen) atoms. The van der Waals surface area contributed by atoms with Crippen molar-refractivity contribution in [1.29, 1.82) is 0 Å². The van der Waals surface area contributed by atoms with Gasteiger partial charge in [-0.15, -0.1) is 0 Å². The van der Waals surface area contributed by atoms with Gasteiger partial charge >= 0.3 is 0 Å². The summed E-state index contributed by atoms with van der Waals surface area (Å²) in [7, 11) is -3.13. The minimum absolute atomic E-state index is 0.147. The lowest BCUT2D eigenvalue weighted by molar-refractivity contribution is 0.266. The van der Waals surface area contributed by atoms with Crippen molar-refractivity contribution in [2.75, 3.05) is 24.3 Å². The van der Waals surface area contributed by atoms with E-state index in [0.717, 1.165) is 25.1 Å². The molecule has 0 bridgehead atoms.